The van der Waals surface area contributed by atoms with Crippen molar-refractivity contribution in [3.05, 3.63) is 75.2 Å². The molecule has 0 bridgehead atoms. The number of carbonyl (C=O) groups excluding carboxylic acids is 2. The second kappa shape index (κ2) is 10.6. The van der Waals surface area contributed by atoms with Crippen LogP contribution < -0.4 is 5.32 Å². The van der Waals surface area contributed by atoms with Crippen LogP contribution in [0.1, 0.15) is 18.2 Å². The number of halogens is 2. The first kappa shape index (κ1) is 22.3. The van der Waals surface area contributed by atoms with Gasteiger partial charge >= 0.3 is 0 Å². The Labute approximate surface area is 189 Å². The van der Waals surface area contributed by atoms with Crippen molar-refractivity contribution < 1.29 is 9.59 Å². The lowest BCUT2D eigenvalue weighted by Crippen LogP contribution is -2.41. The van der Waals surface area contributed by atoms with Gasteiger partial charge in [0.15, 0.2) is 0 Å². The quantitative estimate of drug-likeness (QED) is 0.522. The van der Waals surface area contributed by atoms with Crippen molar-refractivity contribution in [3.8, 4) is 10.6 Å². The number of amides is 2. The third-order valence-electron chi connectivity index (χ3n) is 4.46. The molecule has 0 aliphatic heterocycles. The van der Waals surface area contributed by atoms with Crippen LogP contribution in [-0.2, 0) is 22.6 Å². The van der Waals surface area contributed by atoms with Crippen molar-refractivity contribution in [3.63, 3.8) is 0 Å². The lowest BCUT2D eigenvalue weighted by atomic mass is 10.2. The van der Waals surface area contributed by atoms with Crippen molar-refractivity contribution >= 4 is 46.4 Å². The van der Waals surface area contributed by atoms with Gasteiger partial charge in [-0.15, -0.1) is 11.3 Å². The zero-order valence-corrected chi connectivity index (χ0v) is 18.7. The molecule has 3 rings (SSSR count). The maximum atomic E-state index is 12.7. The van der Waals surface area contributed by atoms with E-state index in [1.165, 1.54) is 16.2 Å². The first-order valence-corrected chi connectivity index (χ1v) is 11.1. The van der Waals surface area contributed by atoms with Gasteiger partial charge in [0.2, 0.25) is 11.8 Å². The van der Waals surface area contributed by atoms with Crippen LogP contribution in [0.15, 0.2) is 53.9 Å². The molecule has 0 fully saturated rings. The lowest BCUT2D eigenvalue weighted by molar-refractivity contribution is -0.135. The Morgan fingerprint density at radius 3 is 2.53 bits per heavy atom. The van der Waals surface area contributed by atoms with Gasteiger partial charge in [-0.1, -0.05) is 53.5 Å². The fraction of sp³-hybridized carbons (Fsp3) is 0.227. The molecule has 156 valence electrons. The first-order chi connectivity index (χ1) is 14.5. The Balaban J connectivity index is 1.55. The molecule has 1 heterocycles. The monoisotopic (exact) mass is 461 g/mol. The molecular formula is C22H21Cl2N3O2S. The van der Waals surface area contributed by atoms with E-state index in [1.807, 2.05) is 48.7 Å². The average Bonchev–Trinajstić information content (AvgIpc) is 3.20. The van der Waals surface area contributed by atoms with Gasteiger partial charge in [0.1, 0.15) is 5.01 Å². The van der Waals surface area contributed by atoms with E-state index >= 15 is 0 Å². The fourth-order valence-electron chi connectivity index (χ4n) is 2.82. The first-order valence-electron chi connectivity index (χ1n) is 9.44. The number of hydrogen-bond donors (Lipinski definition) is 1. The van der Waals surface area contributed by atoms with Crippen molar-refractivity contribution in [1.82, 2.24) is 15.2 Å². The summed E-state index contributed by atoms with van der Waals surface area (Å²) in [5, 5.41) is 6.72. The molecule has 0 aliphatic rings. The molecule has 8 heteroatoms. The maximum absolute atomic E-state index is 12.7. The number of nitrogens with one attached hydrogen (secondary N) is 1. The van der Waals surface area contributed by atoms with Crippen LogP contribution in [0.5, 0.6) is 0 Å². The summed E-state index contributed by atoms with van der Waals surface area (Å²) in [6.45, 7) is 2.68. The molecule has 0 radical (unpaired) electrons. The van der Waals surface area contributed by atoms with Gasteiger partial charge in [0, 0.05) is 29.1 Å². The van der Waals surface area contributed by atoms with E-state index in [0.29, 0.717) is 28.8 Å². The topological polar surface area (TPSA) is 62.3 Å². The molecule has 0 atom stereocenters. The molecule has 2 amide bonds. The van der Waals surface area contributed by atoms with Gasteiger partial charge < -0.3 is 10.2 Å². The standard InChI is InChI=1S/C22H21Cl2N3O2S/c1-2-27(13-20(28)25-12-15-7-9-16(23)10-8-15)21(29)11-17-14-30-22(26-17)18-5-3-4-6-19(18)24/h3-10,14H,2,11-13H2,1H3,(H,25,28). The Morgan fingerprint density at radius 2 is 1.83 bits per heavy atom. The minimum Gasteiger partial charge on any atom is -0.350 e. The second-order valence-electron chi connectivity index (χ2n) is 6.61. The van der Waals surface area contributed by atoms with E-state index in [0.717, 1.165) is 16.1 Å². The summed E-state index contributed by atoms with van der Waals surface area (Å²) < 4.78 is 0. The van der Waals surface area contributed by atoms with E-state index in [-0.39, 0.29) is 24.8 Å². The zero-order chi connectivity index (χ0) is 21.5. The molecule has 30 heavy (non-hydrogen) atoms. The predicted octanol–water partition coefficient (Wildman–Crippen LogP) is 4.82. The van der Waals surface area contributed by atoms with Gasteiger partial charge in [0.25, 0.3) is 0 Å². The predicted molar refractivity (Wildman–Crippen MR) is 122 cm³/mol. The van der Waals surface area contributed by atoms with Gasteiger partial charge in [-0.2, -0.15) is 0 Å². The smallest absolute Gasteiger partial charge is 0.239 e. The van der Waals surface area contributed by atoms with Gasteiger partial charge in [-0.3, -0.25) is 9.59 Å². The van der Waals surface area contributed by atoms with E-state index in [1.54, 1.807) is 12.1 Å². The number of nitrogens with zero attached hydrogens (tertiary/aromatic N) is 2. The number of benzene rings is 2. The largest absolute Gasteiger partial charge is 0.350 e. The zero-order valence-electron chi connectivity index (χ0n) is 16.4. The van der Waals surface area contributed by atoms with Crippen LogP contribution in [0.25, 0.3) is 10.6 Å². The van der Waals surface area contributed by atoms with Crippen molar-refractivity contribution in [2.45, 2.75) is 19.9 Å². The molecule has 1 aromatic heterocycles. The molecule has 5 nitrogen and oxygen atoms in total. The highest BCUT2D eigenvalue weighted by atomic mass is 35.5. The molecule has 3 aromatic rings. The number of rotatable bonds is 8. The van der Waals surface area contributed by atoms with Crippen molar-refractivity contribution in [1.29, 1.82) is 0 Å². The van der Waals surface area contributed by atoms with E-state index in [9.17, 15) is 9.59 Å². The molecule has 0 spiro atoms. The number of carbonyl (C=O) groups is 2. The third kappa shape index (κ3) is 6.05. The highest BCUT2D eigenvalue weighted by Gasteiger charge is 2.18. The Hall–Kier alpha value is -2.41. The van der Waals surface area contributed by atoms with Gasteiger partial charge in [0.05, 0.1) is 23.7 Å². The fourth-order valence-corrected chi connectivity index (χ4v) is 4.09. The molecule has 2 aromatic carbocycles. The van der Waals surface area contributed by atoms with E-state index in [2.05, 4.69) is 10.3 Å². The summed E-state index contributed by atoms with van der Waals surface area (Å²) in [5.74, 6) is -0.356. The van der Waals surface area contributed by atoms with Crippen LogP contribution >= 0.6 is 34.5 Å². The Morgan fingerprint density at radius 1 is 1.10 bits per heavy atom. The summed E-state index contributed by atoms with van der Waals surface area (Å²) in [6.07, 6.45) is 0.138. The number of thiazole rings is 1. The third-order valence-corrected chi connectivity index (χ3v) is 5.97. The molecule has 0 saturated heterocycles. The highest BCUT2D eigenvalue weighted by molar-refractivity contribution is 7.13. The molecule has 0 aliphatic carbocycles. The van der Waals surface area contributed by atoms with Crippen molar-refractivity contribution in [2.75, 3.05) is 13.1 Å². The summed E-state index contributed by atoms with van der Waals surface area (Å²) in [5.41, 5.74) is 2.45. The maximum Gasteiger partial charge on any atom is 0.239 e. The molecular weight excluding hydrogens is 441 g/mol. The summed E-state index contributed by atoms with van der Waals surface area (Å²) in [7, 11) is 0. The second-order valence-corrected chi connectivity index (χ2v) is 8.31. The lowest BCUT2D eigenvalue weighted by Gasteiger charge is -2.20. The Bertz CT molecular complexity index is 1020. The number of hydrogen-bond acceptors (Lipinski definition) is 4. The Kier molecular flexibility index (Phi) is 7.85. The molecule has 0 saturated carbocycles. The minimum atomic E-state index is -0.213. The van der Waals surface area contributed by atoms with Crippen molar-refractivity contribution in [2.24, 2.45) is 0 Å². The van der Waals surface area contributed by atoms with Gasteiger partial charge in [-0.05, 0) is 30.7 Å². The molecule has 1 N–H and O–H groups in total. The highest BCUT2D eigenvalue weighted by Crippen LogP contribution is 2.30. The van der Waals surface area contributed by atoms with Crippen LogP contribution in [0.2, 0.25) is 10.0 Å². The summed E-state index contributed by atoms with van der Waals surface area (Å²) in [4.78, 5) is 31.0. The van der Waals surface area contributed by atoms with Crippen LogP contribution in [0.3, 0.4) is 0 Å². The SMILES string of the molecule is CCN(CC(=O)NCc1ccc(Cl)cc1)C(=O)Cc1csc(-c2ccccc2Cl)n1. The minimum absolute atomic E-state index is 0.00440. The number of likely N-dealkylation sites (N-methyl/N-ethyl adjacent to an activating group) is 1. The summed E-state index contributed by atoms with van der Waals surface area (Å²) in [6, 6.07) is 14.7. The average molecular weight is 462 g/mol. The van der Waals surface area contributed by atoms with Gasteiger partial charge in [-0.25, -0.2) is 4.98 Å². The van der Waals surface area contributed by atoms with Crippen LogP contribution in [0.4, 0.5) is 0 Å². The van der Waals surface area contributed by atoms with E-state index < -0.39 is 0 Å². The van der Waals surface area contributed by atoms with E-state index in [4.69, 9.17) is 23.2 Å². The normalized spacial score (nSPS) is 10.6. The molecule has 0 unspecified atom stereocenters. The number of aromatic nitrogens is 1. The van der Waals surface area contributed by atoms with Crippen LogP contribution in [-0.4, -0.2) is 34.8 Å². The summed E-state index contributed by atoms with van der Waals surface area (Å²) >= 11 is 13.5. The van der Waals surface area contributed by atoms with Crippen LogP contribution in [0, 0.1) is 0 Å².